The summed E-state index contributed by atoms with van der Waals surface area (Å²) in [5, 5.41) is 6.62. The van der Waals surface area contributed by atoms with Gasteiger partial charge in [-0.05, 0) is 32.5 Å². The van der Waals surface area contributed by atoms with E-state index < -0.39 is 0 Å². The molecule has 0 saturated heterocycles. The van der Waals surface area contributed by atoms with E-state index in [1.165, 1.54) is 6.42 Å². The van der Waals surface area contributed by atoms with Crippen LogP contribution in [0.5, 0.6) is 0 Å². The summed E-state index contributed by atoms with van der Waals surface area (Å²) >= 11 is 0. The molecule has 1 heterocycles. The lowest BCUT2D eigenvalue weighted by molar-refractivity contribution is 0.371. The highest BCUT2D eigenvalue weighted by atomic mass is 14.9. The van der Waals surface area contributed by atoms with Crippen LogP contribution in [0.15, 0.2) is 24.4 Å². The van der Waals surface area contributed by atoms with Crippen LogP contribution in [0.1, 0.15) is 13.3 Å². The van der Waals surface area contributed by atoms with Gasteiger partial charge in [0.1, 0.15) is 0 Å². The minimum Gasteiger partial charge on any atom is -0.391 e. The number of hydrogen-bond acceptors (Lipinski definition) is 2. The summed E-state index contributed by atoms with van der Waals surface area (Å²) in [5.74, 6) is 1.41. The zero-order valence-corrected chi connectivity index (χ0v) is 8.38. The topological polar surface area (TPSA) is 24.1 Å². The fourth-order valence-corrected chi connectivity index (χ4v) is 2.20. The van der Waals surface area contributed by atoms with Gasteiger partial charge in [-0.15, -0.1) is 0 Å². The molecule has 2 heteroatoms. The summed E-state index contributed by atoms with van der Waals surface area (Å²) in [6.07, 6.45) is 10.3. The van der Waals surface area contributed by atoms with Crippen molar-refractivity contribution in [3.8, 4) is 0 Å². The van der Waals surface area contributed by atoms with Gasteiger partial charge in [0.2, 0.25) is 0 Å². The van der Waals surface area contributed by atoms with Crippen LogP contribution < -0.4 is 10.6 Å². The fourth-order valence-electron chi connectivity index (χ4n) is 2.20. The molecule has 0 aromatic rings. The Bertz CT molecular complexity index is 244. The molecular formula is C11H18N2. The fraction of sp³-hybridized carbons (Fsp3) is 0.636. The second-order valence-electron chi connectivity index (χ2n) is 4.33. The van der Waals surface area contributed by atoms with Gasteiger partial charge in [-0.3, -0.25) is 0 Å². The highest BCUT2D eigenvalue weighted by Gasteiger charge is 2.32. The van der Waals surface area contributed by atoms with Gasteiger partial charge in [0.25, 0.3) is 0 Å². The van der Waals surface area contributed by atoms with Crippen LogP contribution >= 0.6 is 0 Å². The highest BCUT2D eigenvalue weighted by molar-refractivity contribution is 5.18. The summed E-state index contributed by atoms with van der Waals surface area (Å²) in [5.41, 5.74) is 0.223. The molecule has 2 nitrogen and oxygen atoms in total. The highest BCUT2D eigenvalue weighted by Crippen LogP contribution is 2.33. The average molecular weight is 178 g/mol. The maximum Gasteiger partial charge on any atom is 0.0339 e. The van der Waals surface area contributed by atoms with E-state index in [0.717, 1.165) is 6.54 Å². The molecule has 0 aromatic heterocycles. The number of hydrogen-bond donors (Lipinski definition) is 2. The van der Waals surface area contributed by atoms with Gasteiger partial charge in [-0.25, -0.2) is 0 Å². The Morgan fingerprint density at radius 1 is 1.38 bits per heavy atom. The van der Waals surface area contributed by atoms with Gasteiger partial charge in [0.05, 0.1) is 0 Å². The second kappa shape index (κ2) is 3.18. The van der Waals surface area contributed by atoms with E-state index in [4.69, 9.17) is 0 Å². The van der Waals surface area contributed by atoms with Crippen molar-refractivity contribution >= 4 is 0 Å². The lowest BCUT2D eigenvalue weighted by Crippen LogP contribution is -2.37. The predicted octanol–water partition coefficient (Wildman–Crippen LogP) is 1.27. The molecule has 72 valence electrons. The Kier molecular flexibility index (Phi) is 2.16. The van der Waals surface area contributed by atoms with Crippen molar-refractivity contribution < 1.29 is 0 Å². The molecule has 0 fully saturated rings. The summed E-state index contributed by atoms with van der Waals surface area (Å²) < 4.78 is 0. The Hall–Kier alpha value is -0.760. The smallest absolute Gasteiger partial charge is 0.0339 e. The van der Waals surface area contributed by atoms with Crippen LogP contribution in [0.3, 0.4) is 0 Å². The van der Waals surface area contributed by atoms with Crippen molar-refractivity contribution in [2.45, 2.75) is 18.9 Å². The molecule has 3 atom stereocenters. The third-order valence-corrected chi connectivity index (χ3v) is 3.31. The van der Waals surface area contributed by atoms with Gasteiger partial charge in [-0.2, -0.15) is 0 Å². The van der Waals surface area contributed by atoms with Crippen molar-refractivity contribution in [3.05, 3.63) is 24.4 Å². The molecule has 2 N–H and O–H groups in total. The first-order chi connectivity index (χ1) is 6.23. The first kappa shape index (κ1) is 8.82. The largest absolute Gasteiger partial charge is 0.391 e. The van der Waals surface area contributed by atoms with Crippen LogP contribution in [0.25, 0.3) is 0 Å². The minimum absolute atomic E-state index is 0.223. The summed E-state index contributed by atoms with van der Waals surface area (Å²) in [6.45, 7) is 3.37. The molecule has 13 heavy (non-hydrogen) atoms. The van der Waals surface area contributed by atoms with Gasteiger partial charge >= 0.3 is 0 Å². The molecule has 2 rings (SSSR count). The quantitative estimate of drug-likeness (QED) is 0.622. The standard InChI is InChI=1S/C11H18N2/c1-11(12-2)5-3-9(7-11)10-4-6-13-8-10/h3-6,9-10,12-13H,7-8H2,1-2H3/t9-,10+,11?/m0/s1. The van der Waals surface area contributed by atoms with E-state index in [1.807, 2.05) is 7.05 Å². The van der Waals surface area contributed by atoms with Crippen molar-refractivity contribution in [1.82, 2.24) is 10.6 Å². The molecule has 0 aromatic carbocycles. The van der Waals surface area contributed by atoms with E-state index in [2.05, 4.69) is 42.0 Å². The Morgan fingerprint density at radius 3 is 2.77 bits per heavy atom. The second-order valence-corrected chi connectivity index (χ2v) is 4.33. The molecule has 0 radical (unpaired) electrons. The van der Waals surface area contributed by atoms with Gasteiger partial charge in [-0.1, -0.05) is 18.2 Å². The molecule has 1 aliphatic heterocycles. The molecule has 0 saturated carbocycles. The normalized spacial score (nSPS) is 42.6. The Morgan fingerprint density at radius 2 is 2.23 bits per heavy atom. The molecule has 0 spiro atoms. The molecule has 0 amide bonds. The predicted molar refractivity (Wildman–Crippen MR) is 55.3 cm³/mol. The van der Waals surface area contributed by atoms with E-state index >= 15 is 0 Å². The maximum absolute atomic E-state index is 3.36. The summed E-state index contributed by atoms with van der Waals surface area (Å²) in [4.78, 5) is 0. The summed E-state index contributed by atoms with van der Waals surface area (Å²) in [7, 11) is 2.04. The van der Waals surface area contributed by atoms with Crippen LogP contribution in [0.2, 0.25) is 0 Å². The molecule has 2 aliphatic rings. The van der Waals surface area contributed by atoms with Crippen LogP contribution in [-0.4, -0.2) is 19.1 Å². The van der Waals surface area contributed by atoms with Crippen molar-refractivity contribution in [2.75, 3.05) is 13.6 Å². The monoisotopic (exact) mass is 178 g/mol. The van der Waals surface area contributed by atoms with Crippen molar-refractivity contribution in [1.29, 1.82) is 0 Å². The zero-order valence-electron chi connectivity index (χ0n) is 8.38. The lowest BCUT2D eigenvalue weighted by atomic mass is 9.88. The number of likely N-dealkylation sites (N-methyl/N-ethyl adjacent to an activating group) is 1. The third-order valence-electron chi connectivity index (χ3n) is 3.31. The van der Waals surface area contributed by atoms with Gasteiger partial charge < -0.3 is 10.6 Å². The summed E-state index contributed by atoms with van der Waals surface area (Å²) in [6, 6.07) is 0. The zero-order chi connectivity index (χ0) is 9.31. The first-order valence-electron chi connectivity index (χ1n) is 5.02. The Balaban J connectivity index is 1.99. The lowest BCUT2D eigenvalue weighted by Gasteiger charge is -2.24. The Labute approximate surface area is 80.1 Å². The molecule has 0 bridgehead atoms. The van der Waals surface area contributed by atoms with Gasteiger partial charge in [0.15, 0.2) is 0 Å². The van der Waals surface area contributed by atoms with Crippen LogP contribution in [0, 0.1) is 11.8 Å². The first-order valence-corrected chi connectivity index (χ1v) is 5.02. The SMILES string of the molecule is CNC1(C)C=C[C@H]([C@@H]2C=CNC2)C1. The van der Waals surface area contributed by atoms with E-state index in [0.29, 0.717) is 11.8 Å². The molecule has 1 aliphatic carbocycles. The van der Waals surface area contributed by atoms with Crippen molar-refractivity contribution in [3.63, 3.8) is 0 Å². The van der Waals surface area contributed by atoms with Crippen LogP contribution in [-0.2, 0) is 0 Å². The molecular weight excluding hydrogens is 160 g/mol. The van der Waals surface area contributed by atoms with Gasteiger partial charge in [0, 0.05) is 18.0 Å². The number of rotatable bonds is 2. The third kappa shape index (κ3) is 1.63. The number of allylic oxidation sites excluding steroid dienone is 1. The minimum atomic E-state index is 0.223. The number of nitrogens with one attached hydrogen (secondary N) is 2. The maximum atomic E-state index is 3.36. The molecule has 1 unspecified atom stereocenters. The van der Waals surface area contributed by atoms with Crippen molar-refractivity contribution in [2.24, 2.45) is 11.8 Å². The van der Waals surface area contributed by atoms with E-state index in [9.17, 15) is 0 Å². The van der Waals surface area contributed by atoms with E-state index in [-0.39, 0.29) is 5.54 Å². The van der Waals surface area contributed by atoms with Crippen LogP contribution in [0.4, 0.5) is 0 Å². The average Bonchev–Trinajstić information content (AvgIpc) is 2.73. The van der Waals surface area contributed by atoms with E-state index in [1.54, 1.807) is 0 Å².